The fourth-order valence-corrected chi connectivity index (χ4v) is 2.17. The second-order valence-corrected chi connectivity index (χ2v) is 4.60. The molecule has 0 aliphatic carbocycles. The lowest BCUT2D eigenvalue weighted by molar-refractivity contribution is 0.238. The lowest BCUT2D eigenvalue weighted by Crippen LogP contribution is -2.30. The second-order valence-electron chi connectivity index (χ2n) is 2.98. The molecular formula is C6H14NO3P. The Kier molecular flexibility index (Phi) is 3.07. The van der Waals surface area contributed by atoms with E-state index < -0.39 is 7.60 Å². The summed E-state index contributed by atoms with van der Waals surface area (Å²) in [6, 6.07) is 0. The fraction of sp³-hybridized carbons (Fsp3) is 1.00. The Morgan fingerprint density at radius 2 is 1.73 bits per heavy atom. The van der Waals surface area contributed by atoms with Crippen molar-refractivity contribution in [1.29, 1.82) is 0 Å². The maximum absolute atomic E-state index is 10.6. The monoisotopic (exact) mass is 179 g/mol. The molecular weight excluding hydrogens is 165 g/mol. The van der Waals surface area contributed by atoms with Crippen LogP contribution in [0.4, 0.5) is 0 Å². The molecule has 0 radical (unpaired) electrons. The molecule has 0 aromatic carbocycles. The van der Waals surface area contributed by atoms with E-state index in [1.165, 1.54) is 6.42 Å². The van der Waals surface area contributed by atoms with Gasteiger partial charge in [-0.2, -0.15) is 0 Å². The summed E-state index contributed by atoms with van der Waals surface area (Å²) in [4.78, 5) is 19.1. The van der Waals surface area contributed by atoms with Crippen LogP contribution in [0.3, 0.4) is 0 Å². The first-order valence-corrected chi connectivity index (χ1v) is 5.65. The predicted molar refractivity (Wildman–Crippen MR) is 42.3 cm³/mol. The van der Waals surface area contributed by atoms with Crippen molar-refractivity contribution < 1.29 is 14.4 Å². The van der Waals surface area contributed by atoms with Crippen LogP contribution in [0, 0.1) is 0 Å². The van der Waals surface area contributed by atoms with Crippen molar-refractivity contribution >= 4 is 7.60 Å². The van der Waals surface area contributed by atoms with Crippen molar-refractivity contribution in [1.82, 2.24) is 4.90 Å². The summed E-state index contributed by atoms with van der Waals surface area (Å²) < 4.78 is 10.6. The topological polar surface area (TPSA) is 60.8 Å². The van der Waals surface area contributed by atoms with Gasteiger partial charge in [0.1, 0.15) is 6.29 Å². The van der Waals surface area contributed by atoms with Crippen LogP contribution in [0.5, 0.6) is 0 Å². The first kappa shape index (κ1) is 9.20. The third kappa shape index (κ3) is 3.87. The highest BCUT2D eigenvalue weighted by molar-refractivity contribution is 7.51. The molecule has 1 aliphatic heterocycles. The first-order chi connectivity index (χ1) is 5.08. The summed E-state index contributed by atoms with van der Waals surface area (Å²) in [6.45, 7) is 1.68. The van der Waals surface area contributed by atoms with Gasteiger partial charge in [-0.05, 0) is 25.9 Å². The minimum Gasteiger partial charge on any atom is -0.324 e. The lowest BCUT2D eigenvalue weighted by Gasteiger charge is -2.26. The maximum Gasteiger partial charge on any atom is 0.339 e. The molecule has 0 bridgehead atoms. The molecule has 4 nitrogen and oxygen atoms in total. The quantitative estimate of drug-likeness (QED) is 0.609. The Balaban J connectivity index is 2.30. The van der Waals surface area contributed by atoms with E-state index in [2.05, 4.69) is 0 Å². The number of rotatable bonds is 2. The normalized spacial score (nSPS) is 22.0. The van der Waals surface area contributed by atoms with Crippen LogP contribution in [-0.4, -0.2) is 34.1 Å². The van der Waals surface area contributed by atoms with Crippen LogP contribution in [0.2, 0.25) is 0 Å². The molecule has 2 N–H and O–H groups in total. The lowest BCUT2D eigenvalue weighted by atomic mass is 10.1. The molecule has 0 atom stereocenters. The Morgan fingerprint density at radius 3 is 2.18 bits per heavy atom. The highest BCUT2D eigenvalue weighted by atomic mass is 31.2. The predicted octanol–water partition coefficient (Wildman–Crippen LogP) is 0.607. The van der Waals surface area contributed by atoms with Crippen molar-refractivity contribution in [2.24, 2.45) is 0 Å². The Bertz CT molecular complexity index is 161. The van der Waals surface area contributed by atoms with Crippen molar-refractivity contribution in [3.05, 3.63) is 0 Å². The van der Waals surface area contributed by atoms with Gasteiger partial charge in [-0.1, -0.05) is 6.42 Å². The number of likely N-dealkylation sites (tertiary alicyclic amines) is 1. The molecule has 0 aromatic heterocycles. The van der Waals surface area contributed by atoms with Gasteiger partial charge >= 0.3 is 7.60 Å². The smallest absolute Gasteiger partial charge is 0.324 e. The van der Waals surface area contributed by atoms with Crippen molar-refractivity contribution in [2.75, 3.05) is 19.4 Å². The van der Waals surface area contributed by atoms with Crippen LogP contribution in [-0.2, 0) is 4.57 Å². The summed E-state index contributed by atoms with van der Waals surface area (Å²) in [7, 11) is -3.81. The van der Waals surface area contributed by atoms with E-state index in [-0.39, 0.29) is 6.29 Å². The molecule has 0 spiro atoms. The molecule has 1 saturated heterocycles. The van der Waals surface area contributed by atoms with Gasteiger partial charge in [-0.3, -0.25) is 9.46 Å². The summed E-state index contributed by atoms with van der Waals surface area (Å²) in [5.41, 5.74) is 0. The Labute approximate surface area is 66.4 Å². The highest BCUT2D eigenvalue weighted by Crippen LogP contribution is 2.35. The van der Waals surface area contributed by atoms with Crippen molar-refractivity contribution in [3.63, 3.8) is 0 Å². The van der Waals surface area contributed by atoms with E-state index in [1.54, 1.807) is 0 Å². The van der Waals surface area contributed by atoms with Crippen LogP contribution < -0.4 is 0 Å². The first-order valence-electron chi connectivity index (χ1n) is 3.85. The van der Waals surface area contributed by atoms with Crippen molar-refractivity contribution in [2.45, 2.75) is 19.3 Å². The summed E-state index contributed by atoms with van der Waals surface area (Å²) >= 11 is 0. The number of hydrogen-bond donors (Lipinski definition) is 2. The van der Waals surface area contributed by atoms with Crippen molar-refractivity contribution in [3.8, 4) is 0 Å². The van der Waals surface area contributed by atoms with Gasteiger partial charge in [0.05, 0.1) is 0 Å². The van der Waals surface area contributed by atoms with Gasteiger partial charge in [0.15, 0.2) is 0 Å². The minimum atomic E-state index is -3.81. The molecule has 1 rings (SSSR count). The van der Waals surface area contributed by atoms with Gasteiger partial charge < -0.3 is 9.79 Å². The van der Waals surface area contributed by atoms with Crippen LogP contribution in [0.25, 0.3) is 0 Å². The Morgan fingerprint density at radius 1 is 1.18 bits per heavy atom. The van der Waals surface area contributed by atoms with E-state index in [4.69, 9.17) is 9.79 Å². The van der Waals surface area contributed by atoms with Gasteiger partial charge in [0, 0.05) is 0 Å². The largest absolute Gasteiger partial charge is 0.339 e. The third-order valence-electron chi connectivity index (χ3n) is 1.83. The summed E-state index contributed by atoms with van der Waals surface area (Å²) in [5.74, 6) is 0. The van der Waals surface area contributed by atoms with Crippen LogP contribution >= 0.6 is 7.60 Å². The molecule has 1 fully saturated rings. The molecule has 0 saturated carbocycles. The average Bonchev–Trinajstić information content (AvgIpc) is 1.85. The molecule has 11 heavy (non-hydrogen) atoms. The molecule has 1 aliphatic rings. The number of piperidine rings is 1. The van der Waals surface area contributed by atoms with Crippen LogP contribution in [0.1, 0.15) is 19.3 Å². The fourth-order valence-electron chi connectivity index (χ4n) is 1.36. The van der Waals surface area contributed by atoms with E-state index in [0.717, 1.165) is 25.9 Å². The maximum atomic E-state index is 10.6. The highest BCUT2D eigenvalue weighted by Gasteiger charge is 2.20. The van der Waals surface area contributed by atoms with Gasteiger partial charge in [0.25, 0.3) is 0 Å². The van der Waals surface area contributed by atoms with E-state index in [1.807, 2.05) is 4.90 Å². The number of hydrogen-bond acceptors (Lipinski definition) is 2. The third-order valence-corrected chi connectivity index (χ3v) is 2.60. The average molecular weight is 179 g/mol. The van der Waals surface area contributed by atoms with Gasteiger partial charge in [-0.15, -0.1) is 0 Å². The van der Waals surface area contributed by atoms with E-state index >= 15 is 0 Å². The molecule has 66 valence electrons. The summed E-state index contributed by atoms with van der Waals surface area (Å²) in [6.07, 6.45) is 3.27. The number of nitrogens with zero attached hydrogens (tertiary/aromatic N) is 1. The SMILES string of the molecule is O=P(O)(O)CN1CCCCC1. The zero-order chi connectivity index (χ0) is 8.32. The van der Waals surface area contributed by atoms with E-state index in [9.17, 15) is 4.57 Å². The molecule has 0 amide bonds. The zero-order valence-electron chi connectivity index (χ0n) is 6.44. The van der Waals surface area contributed by atoms with Gasteiger partial charge in [0.2, 0.25) is 0 Å². The standard InChI is InChI=1S/C6H14NO3P/c8-11(9,10)6-7-4-2-1-3-5-7/h1-6H2,(H2,8,9,10). The van der Waals surface area contributed by atoms with E-state index in [0.29, 0.717) is 0 Å². The molecule has 5 heteroatoms. The van der Waals surface area contributed by atoms with Crippen LogP contribution in [0.15, 0.2) is 0 Å². The Hall–Kier alpha value is 0.110. The zero-order valence-corrected chi connectivity index (χ0v) is 7.33. The summed E-state index contributed by atoms with van der Waals surface area (Å²) in [5, 5.41) is 0. The molecule has 0 aromatic rings. The second kappa shape index (κ2) is 3.68. The molecule has 1 heterocycles. The van der Waals surface area contributed by atoms with Gasteiger partial charge in [-0.25, -0.2) is 0 Å². The molecule has 0 unspecified atom stereocenters. The minimum absolute atomic E-state index is 0.0625.